The van der Waals surface area contributed by atoms with Crippen molar-refractivity contribution in [1.82, 2.24) is 20.1 Å². The summed E-state index contributed by atoms with van der Waals surface area (Å²) in [7, 11) is 0. The van der Waals surface area contributed by atoms with Crippen molar-refractivity contribution in [2.45, 2.75) is 38.5 Å². The van der Waals surface area contributed by atoms with Crippen LogP contribution in [-0.2, 0) is 12.1 Å². The topological polar surface area (TPSA) is 71.8 Å². The molecule has 2 amide bonds. The molecule has 2 rings (SSSR count). The second-order valence-electron chi connectivity index (χ2n) is 5.14. The number of nitrogens with one attached hydrogen (secondary N) is 2. The standard InChI is InChI=1S/C13H16F3N5OS/c1-3-12(2,10-17-4-5-23-10)20-11(22)19-9-6-18-21(7-9)8-13(14,15)16/h4-7H,3,8H2,1-2H3,(H2,19,20,22)/t12-/m1/s1. The smallest absolute Gasteiger partial charge is 0.326 e. The van der Waals surface area contributed by atoms with Crippen molar-refractivity contribution in [2.75, 3.05) is 5.32 Å². The second-order valence-corrected chi connectivity index (χ2v) is 6.04. The number of amides is 2. The first-order valence-corrected chi connectivity index (χ1v) is 7.68. The van der Waals surface area contributed by atoms with Crippen LogP contribution in [0.25, 0.3) is 0 Å². The Morgan fingerprint density at radius 1 is 1.43 bits per heavy atom. The van der Waals surface area contributed by atoms with Crippen molar-refractivity contribution in [1.29, 1.82) is 0 Å². The molecular formula is C13H16F3N5OS. The summed E-state index contributed by atoms with van der Waals surface area (Å²) >= 11 is 1.42. The summed E-state index contributed by atoms with van der Waals surface area (Å²) in [5, 5.41) is 11.4. The van der Waals surface area contributed by atoms with Crippen molar-refractivity contribution in [3.8, 4) is 0 Å². The van der Waals surface area contributed by atoms with Gasteiger partial charge in [-0.15, -0.1) is 11.3 Å². The fourth-order valence-electron chi connectivity index (χ4n) is 1.90. The van der Waals surface area contributed by atoms with Gasteiger partial charge in [0.15, 0.2) is 0 Å². The highest BCUT2D eigenvalue weighted by atomic mass is 32.1. The van der Waals surface area contributed by atoms with Gasteiger partial charge in [0.05, 0.1) is 17.4 Å². The number of rotatable bonds is 5. The molecule has 0 aromatic carbocycles. The van der Waals surface area contributed by atoms with E-state index in [1.165, 1.54) is 11.3 Å². The van der Waals surface area contributed by atoms with Gasteiger partial charge >= 0.3 is 12.2 Å². The summed E-state index contributed by atoms with van der Waals surface area (Å²) in [6.45, 7) is 2.53. The van der Waals surface area contributed by atoms with Gasteiger partial charge in [0.25, 0.3) is 0 Å². The quantitative estimate of drug-likeness (QED) is 0.871. The van der Waals surface area contributed by atoms with E-state index in [1.807, 2.05) is 19.2 Å². The lowest BCUT2D eigenvalue weighted by atomic mass is 10.0. The normalized spacial score (nSPS) is 14.3. The zero-order valence-corrected chi connectivity index (χ0v) is 13.3. The largest absolute Gasteiger partial charge is 0.408 e. The van der Waals surface area contributed by atoms with E-state index >= 15 is 0 Å². The third-order valence-corrected chi connectivity index (χ3v) is 4.27. The van der Waals surface area contributed by atoms with E-state index in [2.05, 4.69) is 20.7 Å². The van der Waals surface area contributed by atoms with Crippen molar-refractivity contribution in [2.24, 2.45) is 0 Å². The van der Waals surface area contributed by atoms with Crippen LogP contribution in [0.2, 0.25) is 0 Å². The monoisotopic (exact) mass is 347 g/mol. The Bertz CT molecular complexity index is 655. The van der Waals surface area contributed by atoms with Crippen LogP contribution in [0, 0.1) is 0 Å². The Labute approximate surface area is 134 Å². The molecule has 0 unspecified atom stereocenters. The van der Waals surface area contributed by atoms with E-state index in [0.717, 1.165) is 22.1 Å². The maximum absolute atomic E-state index is 12.3. The number of nitrogens with zero attached hydrogens (tertiary/aromatic N) is 3. The molecule has 126 valence electrons. The minimum atomic E-state index is -4.36. The number of halogens is 3. The molecule has 0 bridgehead atoms. The fourth-order valence-corrected chi connectivity index (χ4v) is 2.73. The van der Waals surface area contributed by atoms with E-state index in [4.69, 9.17) is 0 Å². The lowest BCUT2D eigenvalue weighted by Crippen LogP contribution is -2.45. The van der Waals surface area contributed by atoms with Gasteiger partial charge < -0.3 is 10.6 Å². The first kappa shape index (κ1) is 17.3. The number of thiazole rings is 1. The summed E-state index contributed by atoms with van der Waals surface area (Å²) in [5.74, 6) is 0. The maximum Gasteiger partial charge on any atom is 0.408 e. The molecule has 0 aliphatic heterocycles. The van der Waals surface area contributed by atoms with Crippen LogP contribution in [0.4, 0.5) is 23.7 Å². The Morgan fingerprint density at radius 3 is 2.74 bits per heavy atom. The van der Waals surface area contributed by atoms with Crippen LogP contribution >= 0.6 is 11.3 Å². The van der Waals surface area contributed by atoms with Crippen LogP contribution in [0.1, 0.15) is 25.3 Å². The molecule has 2 N–H and O–H groups in total. The zero-order chi connectivity index (χ0) is 17.1. The number of aromatic nitrogens is 3. The fraction of sp³-hybridized carbons (Fsp3) is 0.462. The average Bonchev–Trinajstić information content (AvgIpc) is 3.08. The van der Waals surface area contributed by atoms with Gasteiger partial charge in [0.2, 0.25) is 0 Å². The van der Waals surface area contributed by atoms with Crippen LogP contribution in [0.5, 0.6) is 0 Å². The molecule has 1 atom stereocenters. The number of alkyl halides is 3. The molecule has 6 nitrogen and oxygen atoms in total. The molecule has 10 heteroatoms. The number of carbonyl (C=O) groups excluding carboxylic acids is 1. The third kappa shape index (κ3) is 4.68. The summed E-state index contributed by atoms with van der Waals surface area (Å²) in [6.07, 6.45) is 0.185. The highest BCUT2D eigenvalue weighted by Gasteiger charge is 2.30. The summed E-state index contributed by atoms with van der Waals surface area (Å²) in [5.41, 5.74) is -0.468. The van der Waals surface area contributed by atoms with Crippen LogP contribution in [-0.4, -0.2) is 27.0 Å². The van der Waals surface area contributed by atoms with Crippen molar-refractivity contribution in [3.63, 3.8) is 0 Å². The number of anilines is 1. The van der Waals surface area contributed by atoms with Crippen molar-refractivity contribution in [3.05, 3.63) is 29.0 Å². The van der Waals surface area contributed by atoms with Crippen molar-refractivity contribution >= 4 is 23.1 Å². The minimum absolute atomic E-state index is 0.185. The summed E-state index contributed by atoms with van der Waals surface area (Å²) in [4.78, 5) is 16.3. The lowest BCUT2D eigenvalue weighted by molar-refractivity contribution is -0.142. The average molecular weight is 347 g/mol. The molecule has 2 aromatic heterocycles. The van der Waals surface area contributed by atoms with Gasteiger partial charge in [-0.05, 0) is 13.3 Å². The van der Waals surface area contributed by atoms with Crippen LogP contribution in [0.15, 0.2) is 24.0 Å². The highest BCUT2D eigenvalue weighted by Crippen LogP contribution is 2.26. The first-order valence-electron chi connectivity index (χ1n) is 6.80. The Kier molecular flexibility index (Phi) is 4.93. The molecule has 2 aromatic rings. The number of urea groups is 1. The molecule has 0 radical (unpaired) electrons. The second kappa shape index (κ2) is 6.57. The highest BCUT2D eigenvalue weighted by molar-refractivity contribution is 7.09. The predicted molar refractivity (Wildman–Crippen MR) is 80.2 cm³/mol. The van der Waals surface area contributed by atoms with E-state index in [-0.39, 0.29) is 5.69 Å². The SMILES string of the molecule is CC[C@@](C)(NC(=O)Nc1cnn(CC(F)(F)F)c1)c1nccs1. The third-order valence-electron chi connectivity index (χ3n) is 3.23. The molecule has 2 heterocycles. The van der Waals surface area contributed by atoms with Gasteiger partial charge in [-0.3, -0.25) is 4.68 Å². The van der Waals surface area contributed by atoms with Gasteiger partial charge in [-0.25, -0.2) is 9.78 Å². The lowest BCUT2D eigenvalue weighted by Gasteiger charge is -2.27. The Morgan fingerprint density at radius 2 is 2.17 bits per heavy atom. The van der Waals surface area contributed by atoms with Crippen LogP contribution in [0.3, 0.4) is 0 Å². The molecule has 0 aliphatic rings. The molecule has 0 spiro atoms. The molecule has 23 heavy (non-hydrogen) atoms. The van der Waals surface area contributed by atoms with Gasteiger partial charge in [-0.1, -0.05) is 6.92 Å². The zero-order valence-electron chi connectivity index (χ0n) is 12.5. The van der Waals surface area contributed by atoms with E-state index in [9.17, 15) is 18.0 Å². The van der Waals surface area contributed by atoms with Crippen molar-refractivity contribution < 1.29 is 18.0 Å². The van der Waals surface area contributed by atoms with E-state index in [0.29, 0.717) is 6.42 Å². The number of hydrogen-bond acceptors (Lipinski definition) is 4. The summed E-state index contributed by atoms with van der Waals surface area (Å²) < 4.78 is 37.5. The van der Waals surface area contributed by atoms with E-state index < -0.39 is 24.3 Å². The summed E-state index contributed by atoms with van der Waals surface area (Å²) in [6, 6.07) is -0.531. The van der Waals surface area contributed by atoms with E-state index in [1.54, 1.807) is 6.20 Å². The Balaban J connectivity index is 1.99. The first-order chi connectivity index (χ1) is 10.7. The molecular weight excluding hydrogens is 331 g/mol. The van der Waals surface area contributed by atoms with Gasteiger partial charge in [0.1, 0.15) is 11.6 Å². The molecule has 0 saturated carbocycles. The number of carbonyl (C=O) groups is 1. The maximum atomic E-state index is 12.3. The minimum Gasteiger partial charge on any atom is -0.326 e. The van der Waals surface area contributed by atoms with Gasteiger partial charge in [0, 0.05) is 17.8 Å². The molecule has 0 saturated heterocycles. The Hall–Kier alpha value is -2.10. The van der Waals surface area contributed by atoms with Gasteiger partial charge in [-0.2, -0.15) is 18.3 Å². The van der Waals surface area contributed by atoms with Crippen LogP contribution < -0.4 is 10.6 Å². The predicted octanol–water partition coefficient (Wildman–Crippen LogP) is 3.35. The molecule has 0 fully saturated rings. The molecule has 0 aliphatic carbocycles. The number of hydrogen-bond donors (Lipinski definition) is 2.